The molecule has 3 atom stereocenters. The van der Waals surface area contributed by atoms with E-state index in [1.165, 1.54) is 12.5 Å². The van der Waals surface area contributed by atoms with Crippen LogP contribution in [0.4, 0.5) is 5.69 Å². The van der Waals surface area contributed by atoms with Crippen molar-refractivity contribution >= 4 is 27.3 Å². The van der Waals surface area contributed by atoms with Crippen molar-refractivity contribution in [1.82, 2.24) is 4.72 Å². The van der Waals surface area contributed by atoms with E-state index < -0.39 is 10.0 Å². The van der Waals surface area contributed by atoms with E-state index in [9.17, 15) is 8.42 Å². The van der Waals surface area contributed by atoms with Crippen molar-refractivity contribution in [2.45, 2.75) is 43.5 Å². The van der Waals surface area contributed by atoms with Gasteiger partial charge in [0.1, 0.15) is 4.90 Å². The van der Waals surface area contributed by atoms with Crippen LogP contribution in [0.3, 0.4) is 0 Å². The lowest BCUT2D eigenvalue weighted by atomic mass is 9.96. The van der Waals surface area contributed by atoms with Crippen LogP contribution in [-0.2, 0) is 10.0 Å². The molecule has 20 heavy (non-hydrogen) atoms. The van der Waals surface area contributed by atoms with E-state index in [0.29, 0.717) is 17.5 Å². The highest BCUT2D eigenvalue weighted by molar-refractivity contribution is 7.89. The van der Waals surface area contributed by atoms with E-state index in [-0.39, 0.29) is 16.0 Å². The Hall–Kier alpha value is -0.780. The summed E-state index contributed by atoms with van der Waals surface area (Å²) in [7, 11) is -3.60. The van der Waals surface area contributed by atoms with Crippen LogP contribution in [0.5, 0.6) is 0 Å². The number of nitrogens with two attached hydrogens (primary N) is 1. The Labute approximate surface area is 124 Å². The van der Waals surface area contributed by atoms with Crippen molar-refractivity contribution in [3.63, 3.8) is 0 Å². The first kappa shape index (κ1) is 14.2. The maximum atomic E-state index is 12.5. The third-order valence-electron chi connectivity index (χ3n) is 4.65. The number of rotatable bonds is 3. The van der Waals surface area contributed by atoms with Crippen molar-refractivity contribution in [2.75, 3.05) is 5.73 Å². The van der Waals surface area contributed by atoms with Gasteiger partial charge in [-0.3, -0.25) is 0 Å². The normalized spacial score (nSPS) is 29.0. The van der Waals surface area contributed by atoms with Crippen LogP contribution in [0.25, 0.3) is 0 Å². The quantitative estimate of drug-likeness (QED) is 0.843. The molecule has 2 aliphatic carbocycles. The Morgan fingerprint density at radius 2 is 2.05 bits per heavy atom. The fourth-order valence-corrected chi connectivity index (χ4v) is 5.46. The number of aryl methyl sites for hydroxylation is 1. The molecule has 0 radical (unpaired) electrons. The lowest BCUT2D eigenvalue weighted by Crippen LogP contribution is -2.38. The second kappa shape index (κ2) is 4.90. The van der Waals surface area contributed by atoms with Crippen LogP contribution in [0.15, 0.2) is 17.0 Å². The number of sulfonamides is 1. The minimum atomic E-state index is -3.60. The summed E-state index contributed by atoms with van der Waals surface area (Å²) in [5.74, 6) is 1.17. The topological polar surface area (TPSA) is 72.2 Å². The van der Waals surface area contributed by atoms with Crippen LogP contribution < -0.4 is 10.5 Å². The Balaban J connectivity index is 1.87. The van der Waals surface area contributed by atoms with Crippen molar-refractivity contribution in [3.05, 3.63) is 22.7 Å². The molecule has 3 unspecified atom stereocenters. The number of halogens is 1. The van der Waals surface area contributed by atoms with Crippen LogP contribution in [0, 0.1) is 18.8 Å². The van der Waals surface area contributed by atoms with Crippen LogP contribution in [0.1, 0.15) is 31.2 Å². The van der Waals surface area contributed by atoms with Gasteiger partial charge in [0, 0.05) is 11.7 Å². The summed E-state index contributed by atoms with van der Waals surface area (Å²) in [5.41, 5.74) is 7.04. The zero-order valence-electron chi connectivity index (χ0n) is 11.4. The first-order valence-electron chi connectivity index (χ1n) is 6.95. The number of benzene rings is 1. The molecule has 3 N–H and O–H groups in total. The monoisotopic (exact) mass is 314 g/mol. The van der Waals surface area contributed by atoms with Gasteiger partial charge in [-0.1, -0.05) is 18.0 Å². The lowest BCUT2D eigenvalue weighted by Gasteiger charge is -2.23. The molecule has 2 bridgehead atoms. The predicted octanol–water partition coefficient (Wildman–Crippen LogP) is 2.70. The summed E-state index contributed by atoms with van der Waals surface area (Å²) >= 11 is 6.08. The highest BCUT2D eigenvalue weighted by Crippen LogP contribution is 2.45. The second-order valence-corrected chi connectivity index (χ2v) is 8.13. The van der Waals surface area contributed by atoms with Gasteiger partial charge < -0.3 is 5.73 Å². The number of hydrogen-bond acceptors (Lipinski definition) is 3. The lowest BCUT2D eigenvalue weighted by molar-refractivity contribution is 0.390. The second-order valence-electron chi connectivity index (χ2n) is 6.04. The van der Waals surface area contributed by atoms with Crippen LogP contribution >= 0.6 is 11.6 Å². The maximum absolute atomic E-state index is 12.5. The Morgan fingerprint density at radius 3 is 2.65 bits per heavy atom. The zero-order valence-corrected chi connectivity index (χ0v) is 13.0. The van der Waals surface area contributed by atoms with E-state index in [0.717, 1.165) is 24.8 Å². The van der Waals surface area contributed by atoms with Gasteiger partial charge in [-0.15, -0.1) is 0 Å². The molecule has 0 spiro atoms. The van der Waals surface area contributed by atoms with E-state index >= 15 is 0 Å². The van der Waals surface area contributed by atoms with E-state index in [1.807, 2.05) is 0 Å². The van der Waals surface area contributed by atoms with Crippen molar-refractivity contribution in [2.24, 2.45) is 11.8 Å². The summed E-state index contributed by atoms with van der Waals surface area (Å²) in [4.78, 5) is 0.0880. The van der Waals surface area contributed by atoms with E-state index in [2.05, 4.69) is 4.72 Å². The number of nitrogen functional groups attached to an aromatic ring is 1. The maximum Gasteiger partial charge on any atom is 0.242 e. The molecule has 0 saturated heterocycles. The fraction of sp³-hybridized carbons (Fsp3) is 0.571. The van der Waals surface area contributed by atoms with Gasteiger partial charge in [0.15, 0.2) is 0 Å². The van der Waals surface area contributed by atoms with Crippen molar-refractivity contribution in [3.8, 4) is 0 Å². The first-order chi connectivity index (χ1) is 9.37. The van der Waals surface area contributed by atoms with E-state index in [4.69, 9.17) is 17.3 Å². The SMILES string of the molecule is Cc1cc(Cl)c(S(=O)(=O)NC2CC3CCC2C3)cc1N. The average Bonchev–Trinajstić information content (AvgIpc) is 2.95. The van der Waals surface area contributed by atoms with Gasteiger partial charge in [-0.2, -0.15) is 0 Å². The first-order valence-corrected chi connectivity index (χ1v) is 8.81. The standard InChI is InChI=1S/C14H19ClN2O2S/c1-8-4-11(15)14(7-12(8)16)20(18,19)17-13-6-9-2-3-10(13)5-9/h4,7,9-10,13,17H,2-3,5-6,16H2,1H3. The highest BCUT2D eigenvalue weighted by Gasteiger charge is 2.41. The molecule has 2 saturated carbocycles. The van der Waals surface area contributed by atoms with Gasteiger partial charge in [0.05, 0.1) is 5.02 Å². The largest absolute Gasteiger partial charge is 0.398 e. The summed E-state index contributed by atoms with van der Waals surface area (Å²) in [5, 5.41) is 0.229. The zero-order chi connectivity index (χ0) is 14.5. The molecule has 2 fully saturated rings. The van der Waals surface area contributed by atoms with Crippen molar-refractivity contribution in [1.29, 1.82) is 0 Å². The molecule has 1 aromatic rings. The Bertz CT molecular complexity index is 645. The Morgan fingerprint density at radius 1 is 1.30 bits per heavy atom. The summed E-state index contributed by atoms with van der Waals surface area (Å²) in [6, 6.07) is 3.11. The molecular formula is C14H19ClN2O2S. The predicted molar refractivity (Wildman–Crippen MR) is 80.2 cm³/mol. The van der Waals surface area contributed by atoms with Gasteiger partial charge in [0.25, 0.3) is 0 Å². The third kappa shape index (κ3) is 2.43. The molecule has 1 aromatic carbocycles. The van der Waals surface area contributed by atoms with Gasteiger partial charge in [-0.05, 0) is 55.7 Å². The van der Waals surface area contributed by atoms with Crippen LogP contribution in [0.2, 0.25) is 5.02 Å². The molecular weight excluding hydrogens is 296 g/mol. The Kier molecular flexibility index (Phi) is 3.47. The number of hydrogen-bond donors (Lipinski definition) is 2. The molecule has 0 amide bonds. The molecule has 0 heterocycles. The highest BCUT2D eigenvalue weighted by atomic mass is 35.5. The third-order valence-corrected chi connectivity index (χ3v) is 6.61. The number of anilines is 1. The molecule has 110 valence electrons. The molecule has 6 heteroatoms. The molecule has 2 aliphatic rings. The summed E-state index contributed by atoms with van der Waals surface area (Å²) < 4.78 is 27.8. The number of fused-ring (bicyclic) bond motifs is 2. The summed E-state index contributed by atoms with van der Waals surface area (Å²) in [6.45, 7) is 1.81. The van der Waals surface area contributed by atoms with Gasteiger partial charge >= 0.3 is 0 Å². The van der Waals surface area contributed by atoms with Gasteiger partial charge in [-0.25, -0.2) is 13.1 Å². The smallest absolute Gasteiger partial charge is 0.242 e. The van der Waals surface area contributed by atoms with Crippen molar-refractivity contribution < 1.29 is 8.42 Å². The molecule has 4 nitrogen and oxygen atoms in total. The molecule has 0 aliphatic heterocycles. The van der Waals surface area contributed by atoms with Crippen LogP contribution in [-0.4, -0.2) is 14.5 Å². The fourth-order valence-electron chi connectivity index (χ4n) is 3.53. The van der Waals surface area contributed by atoms with E-state index in [1.54, 1.807) is 13.0 Å². The minimum absolute atomic E-state index is 0.0531. The van der Waals surface area contributed by atoms with Gasteiger partial charge in [0.2, 0.25) is 10.0 Å². The average molecular weight is 315 g/mol. The molecule has 3 rings (SSSR count). The molecule has 0 aromatic heterocycles. The summed E-state index contributed by atoms with van der Waals surface area (Å²) in [6.07, 6.45) is 4.46. The number of nitrogens with one attached hydrogen (secondary N) is 1. The minimum Gasteiger partial charge on any atom is -0.398 e.